The van der Waals surface area contributed by atoms with E-state index >= 15 is 0 Å². The van der Waals surface area contributed by atoms with E-state index in [1.54, 1.807) is 30.3 Å². The van der Waals surface area contributed by atoms with Crippen molar-refractivity contribution < 1.29 is 56.3 Å². The van der Waals surface area contributed by atoms with Gasteiger partial charge in [-0.15, -0.1) is 40.6 Å². The molecule has 5 N–H and O–H groups in total. The number of nitrogen functional groups attached to an aromatic ring is 1. The molecule has 0 saturated carbocycles. The van der Waals surface area contributed by atoms with E-state index in [0.29, 0.717) is 16.8 Å². The second kappa shape index (κ2) is 15.4. The van der Waals surface area contributed by atoms with Gasteiger partial charge in [0.2, 0.25) is 0 Å². The second-order valence-corrected chi connectivity index (χ2v) is 12.6. The van der Waals surface area contributed by atoms with Gasteiger partial charge in [0.05, 0.1) is 27.6 Å². The van der Waals surface area contributed by atoms with E-state index in [1.165, 1.54) is 42.5 Å². The van der Waals surface area contributed by atoms with Gasteiger partial charge in [-0.2, -0.15) is 21.9 Å². The first kappa shape index (κ1) is 36.9. The second-order valence-electron chi connectivity index (χ2n) is 8.95. The van der Waals surface area contributed by atoms with Crippen molar-refractivity contribution in [2.45, 2.75) is 9.79 Å². The van der Waals surface area contributed by atoms with Crippen molar-refractivity contribution in [2.24, 2.45) is 20.5 Å². The van der Waals surface area contributed by atoms with Gasteiger partial charge in [-0.1, -0.05) is 30.3 Å². The lowest BCUT2D eigenvalue weighted by Gasteiger charge is -2.09. The van der Waals surface area contributed by atoms with Crippen LogP contribution < -0.4 is 5.73 Å². The van der Waals surface area contributed by atoms with Crippen molar-refractivity contribution in [3.05, 3.63) is 84.9 Å². The minimum absolute atomic E-state index is 0.00145. The first-order valence-corrected chi connectivity index (χ1v) is 17.3. The third kappa shape index (κ3) is 9.99. The molecule has 0 aliphatic carbocycles. The molecule has 0 heterocycles. The highest BCUT2D eigenvalue weighted by atomic mass is 32.2. The minimum atomic E-state index is -4.58. The Morgan fingerprint density at radius 3 is 1.65 bits per heavy atom. The maximum absolute atomic E-state index is 11.8. The Balaban J connectivity index is 0.000000705. The first-order valence-electron chi connectivity index (χ1n) is 12.4. The number of phenols is 1. The van der Waals surface area contributed by atoms with Gasteiger partial charge >= 0.3 is 21.2 Å². The summed E-state index contributed by atoms with van der Waals surface area (Å²) in [7, 11) is -15.3. The molecule has 0 fully saturated rings. The van der Waals surface area contributed by atoms with Crippen molar-refractivity contribution >= 4 is 91.4 Å². The number of nitrogens with zero attached hydrogens (tertiary/aromatic N) is 4. The molecule has 5 rings (SSSR count). The molecule has 0 saturated heterocycles. The van der Waals surface area contributed by atoms with Gasteiger partial charge in [-0.25, -0.2) is 0 Å². The molecule has 250 valence electrons. The number of phenolic OH excluding ortho intramolecular Hbond substituents is 1. The van der Waals surface area contributed by atoms with Crippen molar-refractivity contribution in [3.8, 4) is 5.75 Å². The molecule has 0 atom stereocenters. The molecule has 48 heavy (non-hydrogen) atoms. The van der Waals surface area contributed by atoms with Crippen LogP contribution in [0, 0.1) is 0 Å². The minimum Gasteiger partial charge on any atom is -0.505 e. The Morgan fingerprint density at radius 1 is 0.562 bits per heavy atom. The molecule has 0 aliphatic heterocycles. The summed E-state index contributed by atoms with van der Waals surface area (Å²) >= 11 is 0. The zero-order chi connectivity index (χ0) is 35.8. The van der Waals surface area contributed by atoms with E-state index in [0.717, 1.165) is 6.07 Å². The van der Waals surface area contributed by atoms with E-state index in [1.807, 2.05) is 6.07 Å². The van der Waals surface area contributed by atoms with Gasteiger partial charge in [0, 0.05) is 16.2 Å². The summed E-state index contributed by atoms with van der Waals surface area (Å²) in [5.74, 6) is -0.356. The van der Waals surface area contributed by atoms with Gasteiger partial charge in [-0.3, -0.25) is 9.11 Å². The molecule has 22 heteroatoms. The largest absolute Gasteiger partial charge is 0.505 e. The predicted octanol–water partition coefficient (Wildman–Crippen LogP) is 4.60. The third-order valence-electron chi connectivity index (χ3n) is 5.91. The summed E-state index contributed by atoms with van der Waals surface area (Å²) in [4.78, 5) is -0.869. The van der Waals surface area contributed by atoms with Crippen molar-refractivity contribution in [1.82, 2.24) is 0 Å². The quantitative estimate of drug-likeness (QED) is 0.105. The van der Waals surface area contributed by atoms with E-state index in [-0.39, 0.29) is 43.9 Å². The molecule has 0 spiro atoms. The van der Waals surface area contributed by atoms with Gasteiger partial charge in [-0.05, 0) is 60.0 Å². The zero-order valence-corrected chi connectivity index (χ0v) is 26.8. The van der Waals surface area contributed by atoms with Crippen LogP contribution >= 0.6 is 0 Å². The zero-order valence-electron chi connectivity index (χ0n) is 23.5. The van der Waals surface area contributed by atoms with Crippen LogP contribution in [-0.4, -0.2) is 56.3 Å². The Morgan fingerprint density at radius 2 is 1.08 bits per heavy atom. The van der Waals surface area contributed by atoms with E-state index in [2.05, 4.69) is 20.5 Å². The number of aromatic hydroxyl groups is 1. The Kier molecular flexibility index (Phi) is 11.8. The number of rotatable bonds is 6. The fraction of sp³-hybridized carbons (Fsp3) is 0. The maximum Gasteiger partial charge on any atom is 0.425 e. The molecular weight excluding hydrogens is 719 g/mol. The van der Waals surface area contributed by atoms with Gasteiger partial charge in [0.1, 0.15) is 10.6 Å². The van der Waals surface area contributed by atoms with Crippen LogP contribution in [0.4, 0.5) is 28.4 Å². The molecule has 5 aromatic rings. The average molecular weight is 738 g/mol. The SMILES string of the molecule is Nc1cc2c(O)c(N=Nc3ccc(N=Nc4ccccc4)c4ccc(S(=O)(=O)O)cc34)ccc2cc1S(=O)(=O)O.O=S(=O)=O.O=S(=O)=O. The first-order chi connectivity index (χ1) is 22.4. The smallest absolute Gasteiger partial charge is 0.425 e. The number of fused-ring (bicyclic) bond motifs is 2. The fourth-order valence-corrected chi connectivity index (χ4v) is 5.13. The lowest BCUT2D eigenvalue weighted by molar-refractivity contribution is 0.480. The number of anilines is 1. The number of benzene rings is 5. The van der Waals surface area contributed by atoms with E-state index in [9.17, 15) is 31.0 Å². The van der Waals surface area contributed by atoms with Crippen LogP contribution in [0.25, 0.3) is 21.5 Å². The third-order valence-corrected chi connectivity index (χ3v) is 7.67. The predicted molar refractivity (Wildman–Crippen MR) is 168 cm³/mol. The van der Waals surface area contributed by atoms with Crippen LogP contribution in [0.2, 0.25) is 0 Å². The standard InChI is InChI=1S/C26H19N5O7S2.2O3S/c27-21-14-19-15(12-25(21)40(36,37)38)6-9-24(26(19)32)31-30-23-11-10-22(29-28-16-4-2-1-3-5-16)18-8-7-17(13-20(18)23)39(33,34)35;2*1-4(2)3/h1-14,32H,27H2,(H,33,34,35)(H,36,37,38);;. The number of hydrogen-bond donors (Lipinski definition) is 4. The highest BCUT2D eigenvalue weighted by Crippen LogP contribution is 2.40. The highest BCUT2D eigenvalue weighted by Gasteiger charge is 2.18. The van der Waals surface area contributed by atoms with Gasteiger partial charge < -0.3 is 10.8 Å². The number of azo groups is 2. The topological polar surface area (TPSA) is 307 Å². The monoisotopic (exact) mass is 737 g/mol. The van der Waals surface area contributed by atoms with Crippen LogP contribution in [0.15, 0.2) is 115 Å². The number of nitrogens with two attached hydrogens (primary N) is 1. The summed E-state index contributed by atoms with van der Waals surface area (Å²) in [5.41, 5.74) is 6.68. The molecule has 0 unspecified atom stereocenters. The lowest BCUT2D eigenvalue weighted by atomic mass is 10.1. The van der Waals surface area contributed by atoms with Crippen molar-refractivity contribution in [2.75, 3.05) is 5.73 Å². The summed E-state index contributed by atoms with van der Waals surface area (Å²) in [6.45, 7) is 0. The normalized spacial score (nSPS) is 11.5. The van der Waals surface area contributed by atoms with Crippen LogP contribution in [0.5, 0.6) is 5.75 Å². The Bertz CT molecular complexity index is 2500. The van der Waals surface area contributed by atoms with Crippen molar-refractivity contribution in [1.29, 1.82) is 0 Å². The summed E-state index contributed by atoms with van der Waals surface area (Å²) in [6.07, 6.45) is 0. The molecule has 0 amide bonds. The lowest BCUT2D eigenvalue weighted by Crippen LogP contribution is -2.03. The summed E-state index contributed by atoms with van der Waals surface area (Å²) < 4.78 is 116. The Hall–Kier alpha value is -5.52. The summed E-state index contributed by atoms with van der Waals surface area (Å²) in [5, 5.41) is 28.7. The maximum atomic E-state index is 11.8. The van der Waals surface area contributed by atoms with E-state index < -0.39 is 46.3 Å². The van der Waals surface area contributed by atoms with Gasteiger partial charge in [0.25, 0.3) is 20.2 Å². The Labute approximate surface area is 273 Å². The molecule has 18 nitrogen and oxygen atoms in total. The van der Waals surface area contributed by atoms with Crippen LogP contribution in [-0.2, 0) is 41.5 Å². The molecule has 5 aromatic carbocycles. The molecule has 0 radical (unpaired) electrons. The van der Waals surface area contributed by atoms with Crippen LogP contribution in [0.3, 0.4) is 0 Å². The molecular formula is C26H19N5O13S4. The van der Waals surface area contributed by atoms with Crippen LogP contribution in [0.1, 0.15) is 0 Å². The fourth-order valence-electron chi connectivity index (χ4n) is 3.99. The molecule has 0 aliphatic rings. The summed E-state index contributed by atoms with van der Waals surface area (Å²) in [6, 6.07) is 21.1. The number of hydrogen-bond acceptors (Lipinski definition) is 16. The molecule has 0 bridgehead atoms. The highest BCUT2D eigenvalue weighted by molar-refractivity contribution is 7.86. The molecule has 0 aromatic heterocycles. The van der Waals surface area contributed by atoms with Crippen molar-refractivity contribution in [3.63, 3.8) is 0 Å². The van der Waals surface area contributed by atoms with E-state index in [4.69, 9.17) is 31.0 Å². The average Bonchev–Trinajstić information content (AvgIpc) is 2.99. The van der Waals surface area contributed by atoms with Gasteiger partial charge in [0.15, 0.2) is 5.75 Å².